The van der Waals surface area contributed by atoms with Crippen molar-refractivity contribution >= 4 is 6.47 Å². The fraction of sp³-hybridized carbons (Fsp3) is 0.800. The molecular weight excluding hydrogens is 156 g/mol. The second-order valence-corrected chi connectivity index (χ2v) is 1.000. The summed E-state index contributed by atoms with van der Waals surface area (Å²) in [5.74, 6) is 0. The van der Waals surface area contributed by atoms with Crippen molar-refractivity contribution in [3.8, 4) is 0 Å². The summed E-state index contributed by atoms with van der Waals surface area (Å²) in [4.78, 5) is 8.36. The Morgan fingerprint density at radius 2 is 0.909 bits per heavy atom. The van der Waals surface area contributed by atoms with E-state index in [-0.39, 0.29) is 32.9 Å². The first-order valence-corrected chi connectivity index (χ1v) is 2.76. The van der Waals surface area contributed by atoms with Crippen LogP contribution in [-0.2, 0) is 4.79 Å². The van der Waals surface area contributed by atoms with Crippen LogP contribution in [0.2, 0.25) is 0 Å². The summed E-state index contributed by atoms with van der Waals surface area (Å²) >= 11 is 0. The Morgan fingerprint density at radius 1 is 0.818 bits per heavy atom. The minimum absolute atomic E-state index is 0.125. The van der Waals surface area contributed by atoms with Crippen molar-refractivity contribution in [2.24, 2.45) is 0 Å². The van der Waals surface area contributed by atoms with Crippen LogP contribution in [-0.4, -0.2) is 58.4 Å². The van der Waals surface area contributed by atoms with Crippen molar-refractivity contribution in [3.63, 3.8) is 0 Å². The fourth-order valence-electron chi connectivity index (χ4n) is 0. The van der Waals surface area contributed by atoms with Crippen molar-refractivity contribution < 1.29 is 30.3 Å². The molecule has 0 bridgehead atoms. The van der Waals surface area contributed by atoms with Gasteiger partial charge in [-0.3, -0.25) is 4.79 Å². The fourth-order valence-corrected chi connectivity index (χ4v) is 0. The number of carbonyl (C=O) groups is 1. The van der Waals surface area contributed by atoms with Crippen LogP contribution in [0.15, 0.2) is 0 Å². The first-order valence-electron chi connectivity index (χ1n) is 2.76. The van der Waals surface area contributed by atoms with Crippen LogP contribution in [0.4, 0.5) is 0 Å². The molecule has 0 unspecified atom stereocenters. The lowest BCUT2D eigenvalue weighted by atomic mass is 10.8. The SMILES string of the molecule is O=CO.OCCO.OCCO. The van der Waals surface area contributed by atoms with Crippen LogP contribution in [0, 0.1) is 0 Å². The van der Waals surface area contributed by atoms with E-state index in [0.717, 1.165) is 0 Å². The van der Waals surface area contributed by atoms with Gasteiger partial charge in [0, 0.05) is 0 Å². The minimum Gasteiger partial charge on any atom is -0.483 e. The van der Waals surface area contributed by atoms with Crippen molar-refractivity contribution in [1.82, 2.24) is 0 Å². The summed E-state index contributed by atoms with van der Waals surface area (Å²) in [6.07, 6.45) is 0. The van der Waals surface area contributed by atoms with Crippen LogP contribution >= 0.6 is 0 Å². The van der Waals surface area contributed by atoms with Crippen molar-refractivity contribution in [2.75, 3.05) is 26.4 Å². The number of rotatable bonds is 2. The van der Waals surface area contributed by atoms with Gasteiger partial charge in [-0.1, -0.05) is 0 Å². The zero-order chi connectivity index (χ0) is 9.54. The summed E-state index contributed by atoms with van der Waals surface area (Å²) in [7, 11) is 0. The van der Waals surface area contributed by atoms with Gasteiger partial charge in [0.15, 0.2) is 0 Å². The van der Waals surface area contributed by atoms with E-state index in [4.69, 9.17) is 30.3 Å². The smallest absolute Gasteiger partial charge is 0.290 e. The first-order chi connectivity index (χ1) is 5.24. The Morgan fingerprint density at radius 3 is 0.909 bits per heavy atom. The van der Waals surface area contributed by atoms with Crippen LogP contribution in [0.1, 0.15) is 0 Å². The number of hydrogen-bond acceptors (Lipinski definition) is 5. The van der Waals surface area contributed by atoms with Gasteiger partial charge >= 0.3 is 0 Å². The molecule has 0 fully saturated rings. The average molecular weight is 170 g/mol. The number of aliphatic hydroxyl groups excluding tert-OH is 4. The Labute approximate surface area is 64.3 Å². The molecule has 0 radical (unpaired) electrons. The molecule has 0 amide bonds. The largest absolute Gasteiger partial charge is 0.483 e. The van der Waals surface area contributed by atoms with Crippen molar-refractivity contribution in [2.45, 2.75) is 0 Å². The second kappa shape index (κ2) is 34.6. The van der Waals surface area contributed by atoms with Crippen LogP contribution < -0.4 is 0 Å². The van der Waals surface area contributed by atoms with Gasteiger partial charge in [0.2, 0.25) is 0 Å². The van der Waals surface area contributed by atoms with Crippen LogP contribution in [0.25, 0.3) is 0 Å². The summed E-state index contributed by atoms with van der Waals surface area (Å²) in [5.41, 5.74) is 0. The summed E-state index contributed by atoms with van der Waals surface area (Å²) in [6, 6.07) is 0. The Kier molecular flexibility index (Phi) is 52.6. The van der Waals surface area contributed by atoms with E-state index < -0.39 is 0 Å². The Bertz CT molecular complexity index is 40.2. The lowest BCUT2D eigenvalue weighted by Crippen LogP contribution is -1.85. The highest BCUT2D eigenvalue weighted by Crippen LogP contribution is 1.40. The van der Waals surface area contributed by atoms with E-state index >= 15 is 0 Å². The van der Waals surface area contributed by atoms with Crippen LogP contribution in [0.5, 0.6) is 0 Å². The molecule has 0 aliphatic carbocycles. The minimum atomic E-state index is -0.250. The Hall–Kier alpha value is -0.690. The molecule has 11 heavy (non-hydrogen) atoms. The van der Waals surface area contributed by atoms with Gasteiger partial charge < -0.3 is 25.5 Å². The normalized spacial score (nSPS) is 6.55. The highest BCUT2D eigenvalue weighted by Gasteiger charge is 1.58. The van der Waals surface area contributed by atoms with Gasteiger partial charge in [0.1, 0.15) is 0 Å². The zero-order valence-electron chi connectivity index (χ0n) is 6.05. The third-order valence-electron chi connectivity index (χ3n) is 0.200. The topological polar surface area (TPSA) is 118 Å². The van der Waals surface area contributed by atoms with Gasteiger partial charge in [0.25, 0.3) is 6.47 Å². The van der Waals surface area contributed by atoms with Crippen LogP contribution in [0.3, 0.4) is 0 Å². The van der Waals surface area contributed by atoms with E-state index in [0.29, 0.717) is 0 Å². The van der Waals surface area contributed by atoms with Gasteiger partial charge in [-0.05, 0) is 0 Å². The maximum Gasteiger partial charge on any atom is 0.290 e. The van der Waals surface area contributed by atoms with E-state index in [1.165, 1.54) is 0 Å². The molecule has 0 aliphatic heterocycles. The van der Waals surface area contributed by atoms with E-state index in [1.54, 1.807) is 0 Å². The molecule has 6 heteroatoms. The quantitative estimate of drug-likeness (QED) is 0.296. The van der Waals surface area contributed by atoms with Gasteiger partial charge in [-0.25, -0.2) is 0 Å². The molecule has 6 nitrogen and oxygen atoms in total. The number of carboxylic acid groups (broad SMARTS) is 1. The predicted octanol–water partition coefficient (Wildman–Crippen LogP) is -2.36. The molecule has 0 saturated carbocycles. The highest BCUT2D eigenvalue weighted by atomic mass is 16.3. The van der Waals surface area contributed by atoms with Crippen molar-refractivity contribution in [3.05, 3.63) is 0 Å². The van der Waals surface area contributed by atoms with Gasteiger partial charge in [-0.15, -0.1) is 0 Å². The Balaban J connectivity index is -0.0000000886. The predicted molar refractivity (Wildman–Crippen MR) is 37.0 cm³/mol. The highest BCUT2D eigenvalue weighted by molar-refractivity contribution is 5.32. The molecule has 0 saturated heterocycles. The molecular formula is C5H14O6. The standard InChI is InChI=1S/2C2H6O2.CH2O2/c2*3-1-2-4;2-1-3/h2*3-4H,1-2H2;1H,(H,2,3). The third kappa shape index (κ3) is 290. The average Bonchev–Trinajstić information content (AvgIpc) is 2.06. The van der Waals surface area contributed by atoms with E-state index in [9.17, 15) is 0 Å². The molecule has 0 heterocycles. The molecule has 0 aromatic heterocycles. The second-order valence-electron chi connectivity index (χ2n) is 1.000. The molecule has 0 aliphatic rings. The molecule has 5 N–H and O–H groups in total. The van der Waals surface area contributed by atoms with E-state index in [2.05, 4.69) is 0 Å². The summed E-state index contributed by atoms with van der Waals surface area (Å²) in [5, 5.41) is 37.4. The molecule has 0 aromatic carbocycles. The maximum absolute atomic E-state index is 8.36. The van der Waals surface area contributed by atoms with Crippen molar-refractivity contribution in [1.29, 1.82) is 0 Å². The molecule has 70 valence electrons. The van der Waals surface area contributed by atoms with E-state index in [1.807, 2.05) is 0 Å². The zero-order valence-corrected chi connectivity index (χ0v) is 6.05. The summed E-state index contributed by atoms with van der Waals surface area (Å²) in [6.45, 7) is -0.750. The lowest BCUT2D eigenvalue weighted by molar-refractivity contribution is -0.122. The number of hydrogen-bond donors (Lipinski definition) is 5. The lowest BCUT2D eigenvalue weighted by Gasteiger charge is -1.70. The van der Waals surface area contributed by atoms with Gasteiger partial charge in [-0.2, -0.15) is 0 Å². The number of aliphatic hydroxyl groups is 4. The maximum atomic E-state index is 8.36. The summed E-state index contributed by atoms with van der Waals surface area (Å²) < 4.78 is 0. The molecule has 0 spiro atoms. The van der Waals surface area contributed by atoms with Gasteiger partial charge in [0.05, 0.1) is 26.4 Å². The molecule has 0 rings (SSSR count). The first kappa shape index (κ1) is 16.7. The molecule has 0 atom stereocenters. The molecule has 0 aromatic rings. The monoisotopic (exact) mass is 170 g/mol. The third-order valence-corrected chi connectivity index (χ3v) is 0.200.